The van der Waals surface area contributed by atoms with Crippen LogP contribution in [0.4, 0.5) is 5.69 Å². The van der Waals surface area contributed by atoms with Crippen molar-refractivity contribution >= 4 is 51.7 Å². The number of aromatic nitrogens is 4. The molecule has 386 valence electrons. The molecular weight excluding hydrogens is 939 g/mol. The van der Waals surface area contributed by atoms with E-state index < -0.39 is 29.6 Å². The Hall–Kier alpha value is -6.37. The quantitative estimate of drug-likeness (QED) is 0.0708. The summed E-state index contributed by atoms with van der Waals surface area (Å²) in [6.07, 6.45) is 3.56. The van der Waals surface area contributed by atoms with E-state index in [0.29, 0.717) is 25.2 Å². The molecule has 3 aromatic carbocycles. The van der Waals surface area contributed by atoms with E-state index in [0.717, 1.165) is 80.3 Å². The van der Waals surface area contributed by atoms with Crippen molar-refractivity contribution in [3.8, 4) is 27.3 Å². The number of aliphatic hydroxyl groups is 1. The van der Waals surface area contributed by atoms with Gasteiger partial charge in [-0.3, -0.25) is 34.0 Å². The van der Waals surface area contributed by atoms with Gasteiger partial charge >= 0.3 is 0 Å². The number of aliphatic hydroxyl groups excluding tert-OH is 1. The van der Waals surface area contributed by atoms with Gasteiger partial charge in [-0.1, -0.05) is 84.0 Å². The molecule has 5 atom stereocenters. The van der Waals surface area contributed by atoms with Crippen LogP contribution in [0.2, 0.25) is 0 Å². The lowest BCUT2D eigenvalue weighted by Gasteiger charge is -2.37. The summed E-state index contributed by atoms with van der Waals surface area (Å²) in [5.41, 5.74) is 17.5. The maximum atomic E-state index is 14.3. The molecule has 5 heterocycles. The number of aryl methyl sites for hydroxylation is 2. The summed E-state index contributed by atoms with van der Waals surface area (Å²) >= 11 is 1.58. The van der Waals surface area contributed by atoms with Crippen LogP contribution >= 0.6 is 11.3 Å². The molecule has 73 heavy (non-hydrogen) atoms. The molecular formula is C56H71N11O5S. The minimum Gasteiger partial charge on any atom is -0.391 e. The molecule has 2 saturated heterocycles. The second-order valence-electron chi connectivity index (χ2n) is 22.2. The number of carbonyl (C=O) groups is 4. The van der Waals surface area contributed by atoms with Gasteiger partial charge in [0, 0.05) is 63.1 Å². The molecule has 0 radical (unpaired) electrons. The van der Waals surface area contributed by atoms with Crippen LogP contribution in [-0.4, -0.2) is 127 Å². The van der Waals surface area contributed by atoms with Crippen LogP contribution in [0.1, 0.15) is 89.7 Å². The van der Waals surface area contributed by atoms with Gasteiger partial charge in [-0.25, -0.2) is 9.67 Å². The lowest BCUT2D eigenvalue weighted by molar-refractivity contribution is -0.144. The van der Waals surface area contributed by atoms with Crippen molar-refractivity contribution in [3.05, 3.63) is 113 Å². The molecule has 0 spiro atoms. The van der Waals surface area contributed by atoms with E-state index in [2.05, 4.69) is 80.8 Å². The summed E-state index contributed by atoms with van der Waals surface area (Å²) in [5, 5.41) is 24.8. The van der Waals surface area contributed by atoms with Gasteiger partial charge in [0.1, 0.15) is 23.1 Å². The number of piperazine rings is 1. The highest BCUT2D eigenvalue weighted by atomic mass is 32.1. The van der Waals surface area contributed by atoms with E-state index in [1.807, 2.05) is 106 Å². The van der Waals surface area contributed by atoms with Crippen LogP contribution < -0.4 is 21.7 Å². The first kappa shape index (κ1) is 52.9. The van der Waals surface area contributed by atoms with Crippen LogP contribution in [0.5, 0.6) is 0 Å². The molecule has 2 fully saturated rings. The van der Waals surface area contributed by atoms with Crippen LogP contribution in [0.25, 0.3) is 38.3 Å². The zero-order chi connectivity index (χ0) is 52.4. The monoisotopic (exact) mass is 1010 g/mol. The normalized spacial score (nSPS) is 18.1. The minimum absolute atomic E-state index is 0.00913. The molecule has 4 amide bonds. The van der Waals surface area contributed by atoms with Gasteiger partial charge in [-0.2, -0.15) is 5.10 Å². The molecule has 6 aromatic rings. The van der Waals surface area contributed by atoms with Gasteiger partial charge in [0.15, 0.2) is 0 Å². The zero-order valence-electron chi connectivity index (χ0n) is 43.6. The number of nitrogens with zero attached hydrogens (tertiary/aromatic N) is 7. The van der Waals surface area contributed by atoms with Gasteiger partial charge in [0.2, 0.25) is 23.6 Å². The number of thiazole rings is 1. The minimum atomic E-state index is -0.907. The van der Waals surface area contributed by atoms with Gasteiger partial charge in [0.25, 0.3) is 0 Å². The Morgan fingerprint density at radius 3 is 2.21 bits per heavy atom. The Morgan fingerprint density at radius 2 is 1.56 bits per heavy atom. The van der Waals surface area contributed by atoms with Crippen molar-refractivity contribution in [2.24, 2.45) is 16.6 Å². The predicted octanol–water partition coefficient (Wildman–Crippen LogP) is 7.02. The van der Waals surface area contributed by atoms with Gasteiger partial charge in [0.05, 0.1) is 52.7 Å². The number of fused-ring (bicyclic) bond motifs is 1. The van der Waals surface area contributed by atoms with E-state index in [1.54, 1.807) is 17.5 Å². The maximum Gasteiger partial charge on any atom is 0.246 e. The summed E-state index contributed by atoms with van der Waals surface area (Å²) < 4.78 is 1.85. The number of nitrogens with one attached hydrogen (secondary N) is 3. The summed E-state index contributed by atoms with van der Waals surface area (Å²) in [4.78, 5) is 70.5. The second kappa shape index (κ2) is 22.0. The van der Waals surface area contributed by atoms with Gasteiger partial charge in [-0.15, -0.1) is 11.3 Å². The molecule has 16 nitrogen and oxygen atoms in total. The Bertz CT molecular complexity index is 2930. The average molecular weight is 1010 g/mol. The third kappa shape index (κ3) is 12.9. The lowest BCUT2D eigenvalue weighted by atomic mass is 9.85. The van der Waals surface area contributed by atoms with Crippen molar-refractivity contribution in [2.45, 2.75) is 112 Å². The van der Waals surface area contributed by atoms with E-state index in [1.165, 1.54) is 4.90 Å². The van der Waals surface area contributed by atoms with Crippen molar-refractivity contribution in [1.29, 1.82) is 0 Å². The molecule has 0 bridgehead atoms. The van der Waals surface area contributed by atoms with E-state index in [9.17, 15) is 24.3 Å². The molecule has 2 aliphatic rings. The number of hydrogen-bond donors (Lipinski definition) is 5. The summed E-state index contributed by atoms with van der Waals surface area (Å²) in [6, 6.07) is 21.4. The second-order valence-corrected chi connectivity index (χ2v) is 23.0. The number of anilines is 1. The first-order valence-corrected chi connectivity index (χ1v) is 26.1. The number of likely N-dealkylation sites (tertiary alicyclic amines) is 1. The van der Waals surface area contributed by atoms with Crippen molar-refractivity contribution in [1.82, 2.24) is 45.1 Å². The first-order valence-electron chi connectivity index (χ1n) is 25.2. The Balaban J connectivity index is 0.824. The summed E-state index contributed by atoms with van der Waals surface area (Å²) in [6.45, 7) is 21.6. The summed E-state index contributed by atoms with van der Waals surface area (Å²) in [7, 11) is 0. The number of benzene rings is 3. The maximum absolute atomic E-state index is 14.3. The van der Waals surface area contributed by atoms with Crippen molar-refractivity contribution in [2.75, 3.05) is 44.6 Å². The molecule has 0 saturated carbocycles. The topological polar surface area (TPSA) is 204 Å². The number of carbonyl (C=O) groups excluding carboxylic acids is 4. The number of β-amino-alcohol motifs (C(OH)–C–C–N with tert-alkyl or cyclic N) is 1. The average Bonchev–Trinajstić information content (AvgIpc) is 4.09. The smallest absolute Gasteiger partial charge is 0.246 e. The molecule has 8 rings (SSSR count). The standard InChI is InChI=1S/C56H71N11O5S/c1-34-26-40(61-52(70)45(57)28-55(4,5)6)16-19-43(34)44-20-21-58-46-31-67(63-49(44)46)41-17-10-37(11-18-41)29-64-22-24-65(25-23-64)32-48(69)62-51(56(7,8)9)54(72)66-30-42(68)27-47(66)53(71)60-35(2)38-12-14-39(15-13-38)50-36(3)59-33-73-50/h10-21,26,31,33,35,42,45,47,51,68H,22-25,27-30,32,57H2,1-9H3,(H,60,71)(H,61,70)(H,62,69)/t35-,42+,45+,47-,51+/m0/s1. The largest absolute Gasteiger partial charge is 0.391 e. The zero-order valence-corrected chi connectivity index (χ0v) is 44.4. The Morgan fingerprint density at radius 1 is 0.863 bits per heavy atom. The number of pyridine rings is 1. The predicted molar refractivity (Wildman–Crippen MR) is 288 cm³/mol. The third-order valence-electron chi connectivity index (χ3n) is 13.9. The fourth-order valence-corrected chi connectivity index (χ4v) is 10.7. The van der Waals surface area contributed by atoms with Crippen LogP contribution in [-0.2, 0) is 25.7 Å². The molecule has 3 aromatic heterocycles. The Kier molecular flexibility index (Phi) is 16.0. The molecule has 0 unspecified atom stereocenters. The number of rotatable bonds is 15. The molecule has 6 N–H and O–H groups in total. The van der Waals surface area contributed by atoms with E-state index in [-0.39, 0.29) is 54.6 Å². The van der Waals surface area contributed by atoms with Crippen molar-refractivity contribution < 1.29 is 24.3 Å². The fourth-order valence-electron chi connectivity index (χ4n) is 9.85. The van der Waals surface area contributed by atoms with Gasteiger partial charge in [-0.05, 0) is 96.2 Å². The molecule has 2 aliphatic heterocycles. The first-order chi connectivity index (χ1) is 34.6. The lowest BCUT2D eigenvalue weighted by Crippen LogP contribution is -2.59. The van der Waals surface area contributed by atoms with Crippen molar-refractivity contribution in [3.63, 3.8) is 0 Å². The number of nitrogens with two attached hydrogens (primary N) is 1. The van der Waals surface area contributed by atoms with Gasteiger partial charge < -0.3 is 31.7 Å². The SMILES string of the molecule is Cc1cc(NC(=O)[C@H](N)CC(C)(C)C)ccc1-c1ccnc2cn(-c3ccc(CN4CCN(CC(=O)N[C@H](C(=O)N5C[C@H](O)C[C@H]5C(=O)N[C@@H](C)c5ccc(-c6scnc6C)cc5)C(C)(C)C)CC4)cc3)nc12. The number of amides is 4. The Labute approximate surface area is 432 Å². The highest BCUT2D eigenvalue weighted by molar-refractivity contribution is 7.13. The van der Waals surface area contributed by atoms with E-state index in [4.69, 9.17) is 10.8 Å². The molecule has 17 heteroatoms. The summed E-state index contributed by atoms with van der Waals surface area (Å²) in [5.74, 6) is -1.19. The highest BCUT2D eigenvalue weighted by Gasteiger charge is 2.45. The fraction of sp³-hybridized carbons (Fsp3) is 0.446. The van der Waals surface area contributed by atoms with Crippen LogP contribution in [0, 0.1) is 24.7 Å². The molecule has 0 aliphatic carbocycles. The highest BCUT2D eigenvalue weighted by Crippen LogP contribution is 2.33. The van der Waals surface area contributed by atoms with Crippen LogP contribution in [0.3, 0.4) is 0 Å². The number of hydrogen-bond acceptors (Lipinski definition) is 12. The van der Waals surface area contributed by atoms with Crippen LogP contribution in [0.15, 0.2) is 90.7 Å². The third-order valence-corrected chi connectivity index (χ3v) is 14.8. The van der Waals surface area contributed by atoms with E-state index >= 15 is 0 Å².